The number of amides is 1. The minimum atomic E-state index is -0.0432. The molecule has 0 spiro atoms. The summed E-state index contributed by atoms with van der Waals surface area (Å²) in [6.45, 7) is 0.576. The van der Waals surface area contributed by atoms with Crippen LogP contribution in [0.2, 0.25) is 0 Å². The first-order chi connectivity index (χ1) is 9.67. The van der Waals surface area contributed by atoms with E-state index in [1.807, 2.05) is 24.3 Å². The molecule has 0 aliphatic heterocycles. The Balaban J connectivity index is 2.27. The minimum absolute atomic E-state index is 0.0432. The van der Waals surface area contributed by atoms with Crippen molar-refractivity contribution in [3.8, 4) is 5.75 Å². The molecule has 1 amide bonds. The Hall–Kier alpha value is -2.24. The molecule has 4 N–H and O–H groups in total. The van der Waals surface area contributed by atoms with Gasteiger partial charge < -0.3 is 21.0 Å². The summed E-state index contributed by atoms with van der Waals surface area (Å²) in [5.74, 6) is 0.887. The molecule has 0 saturated carbocycles. The number of nitrogens with zero attached hydrogens (tertiary/aromatic N) is 1. The highest BCUT2D eigenvalue weighted by atomic mass is 16.5. The normalized spacial score (nSPS) is 11.2. The summed E-state index contributed by atoms with van der Waals surface area (Å²) >= 11 is 0. The predicted octanol–water partition coefficient (Wildman–Crippen LogP) is 1.27. The van der Waals surface area contributed by atoms with Crippen LogP contribution in [0.5, 0.6) is 5.75 Å². The van der Waals surface area contributed by atoms with Crippen LogP contribution >= 0.6 is 0 Å². The second-order valence-electron chi connectivity index (χ2n) is 4.39. The van der Waals surface area contributed by atoms with Crippen LogP contribution in [0, 0.1) is 0 Å². The molecule has 6 nitrogen and oxygen atoms in total. The molecule has 1 aromatic rings. The molecule has 0 saturated heterocycles. The van der Waals surface area contributed by atoms with E-state index in [0.717, 1.165) is 24.2 Å². The number of methoxy groups -OCH3 is 1. The Kier molecular flexibility index (Phi) is 6.95. The van der Waals surface area contributed by atoms with Gasteiger partial charge in [0, 0.05) is 18.5 Å². The highest BCUT2D eigenvalue weighted by Gasteiger charge is 2.07. The van der Waals surface area contributed by atoms with Crippen molar-refractivity contribution in [2.75, 3.05) is 13.7 Å². The molecular weight excluding hydrogens is 258 g/mol. The van der Waals surface area contributed by atoms with Crippen molar-refractivity contribution in [1.29, 1.82) is 0 Å². The van der Waals surface area contributed by atoms with Gasteiger partial charge in [0.05, 0.1) is 13.5 Å². The average Bonchev–Trinajstić information content (AvgIpc) is 2.47. The zero-order chi connectivity index (χ0) is 14.8. The molecule has 0 atom stereocenters. The molecule has 0 aliphatic carbocycles. The highest BCUT2D eigenvalue weighted by Crippen LogP contribution is 2.17. The lowest BCUT2D eigenvalue weighted by molar-refractivity contribution is -0.120. The number of hydrogen-bond donors (Lipinski definition) is 3. The van der Waals surface area contributed by atoms with E-state index in [-0.39, 0.29) is 11.7 Å². The Morgan fingerprint density at radius 2 is 2.15 bits per heavy atom. The van der Waals surface area contributed by atoms with Crippen LogP contribution in [0.3, 0.4) is 0 Å². The van der Waals surface area contributed by atoms with Crippen LogP contribution < -0.4 is 15.8 Å². The van der Waals surface area contributed by atoms with Gasteiger partial charge in [-0.2, -0.15) is 0 Å². The fraction of sp³-hybridized carbons (Fsp3) is 0.429. The summed E-state index contributed by atoms with van der Waals surface area (Å²) in [4.78, 5) is 11.8. The van der Waals surface area contributed by atoms with Gasteiger partial charge in [0.2, 0.25) is 5.91 Å². The third kappa shape index (κ3) is 5.60. The monoisotopic (exact) mass is 279 g/mol. The molecule has 0 heterocycles. The number of nitrogens with one attached hydrogen (secondary N) is 1. The number of rotatable bonds is 8. The third-order valence-electron chi connectivity index (χ3n) is 2.85. The fourth-order valence-electron chi connectivity index (χ4n) is 1.79. The van der Waals surface area contributed by atoms with E-state index in [2.05, 4.69) is 10.5 Å². The molecule has 0 fully saturated rings. The Morgan fingerprint density at radius 1 is 1.40 bits per heavy atom. The maximum absolute atomic E-state index is 11.8. The van der Waals surface area contributed by atoms with E-state index < -0.39 is 0 Å². The third-order valence-corrected chi connectivity index (χ3v) is 2.85. The first-order valence-electron chi connectivity index (χ1n) is 6.52. The van der Waals surface area contributed by atoms with Crippen molar-refractivity contribution in [2.24, 2.45) is 10.9 Å². The van der Waals surface area contributed by atoms with E-state index in [9.17, 15) is 4.79 Å². The summed E-state index contributed by atoms with van der Waals surface area (Å²) in [6.07, 6.45) is 2.38. The van der Waals surface area contributed by atoms with E-state index in [1.165, 1.54) is 0 Å². The number of carbonyl (C=O) groups excluding carboxylic acids is 1. The number of para-hydroxylation sites is 1. The van der Waals surface area contributed by atoms with Gasteiger partial charge in [-0.1, -0.05) is 23.4 Å². The minimum Gasteiger partial charge on any atom is -0.496 e. The molecule has 20 heavy (non-hydrogen) atoms. The molecule has 0 unspecified atom stereocenters. The summed E-state index contributed by atoms with van der Waals surface area (Å²) in [5, 5.41) is 14.1. The molecule has 110 valence electrons. The van der Waals surface area contributed by atoms with Crippen molar-refractivity contribution in [3.63, 3.8) is 0 Å². The number of amidine groups is 1. The van der Waals surface area contributed by atoms with Gasteiger partial charge in [0.15, 0.2) is 0 Å². The van der Waals surface area contributed by atoms with Crippen molar-refractivity contribution in [3.05, 3.63) is 29.8 Å². The fourth-order valence-corrected chi connectivity index (χ4v) is 1.79. The smallest absolute Gasteiger partial charge is 0.224 e. The first kappa shape index (κ1) is 15.8. The summed E-state index contributed by atoms with van der Waals surface area (Å²) in [7, 11) is 1.59. The maximum Gasteiger partial charge on any atom is 0.224 e. The van der Waals surface area contributed by atoms with E-state index in [4.69, 9.17) is 15.7 Å². The van der Waals surface area contributed by atoms with Crippen molar-refractivity contribution < 1.29 is 14.7 Å². The van der Waals surface area contributed by atoms with Crippen LogP contribution in [0.25, 0.3) is 0 Å². The van der Waals surface area contributed by atoms with E-state index >= 15 is 0 Å². The lowest BCUT2D eigenvalue weighted by atomic mass is 10.1. The van der Waals surface area contributed by atoms with E-state index in [0.29, 0.717) is 19.4 Å². The number of oxime groups is 1. The van der Waals surface area contributed by atoms with Gasteiger partial charge in [-0.25, -0.2) is 0 Å². The molecule has 0 aromatic heterocycles. The summed E-state index contributed by atoms with van der Waals surface area (Å²) < 4.78 is 5.20. The summed E-state index contributed by atoms with van der Waals surface area (Å²) in [5.41, 5.74) is 6.21. The molecule has 1 rings (SSSR count). The molecule has 6 heteroatoms. The van der Waals surface area contributed by atoms with Gasteiger partial charge in [-0.3, -0.25) is 4.79 Å². The zero-order valence-corrected chi connectivity index (χ0v) is 11.6. The number of carbonyl (C=O) groups is 1. The van der Waals surface area contributed by atoms with Crippen LogP contribution in [0.15, 0.2) is 29.4 Å². The lowest BCUT2D eigenvalue weighted by Gasteiger charge is -2.08. The van der Waals surface area contributed by atoms with Crippen LogP contribution in [0.1, 0.15) is 24.8 Å². The molecule has 0 radical (unpaired) electrons. The van der Waals surface area contributed by atoms with Crippen molar-refractivity contribution >= 4 is 11.7 Å². The van der Waals surface area contributed by atoms with Gasteiger partial charge in [0.25, 0.3) is 0 Å². The number of unbranched alkanes of at least 4 members (excludes halogenated alkanes) is 1. The zero-order valence-electron chi connectivity index (χ0n) is 11.6. The van der Waals surface area contributed by atoms with Crippen LogP contribution in [0.4, 0.5) is 0 Å². The van der Waals surface area contributed by atoms with Gasteiger partial charge >= 0.3 is 0 Å². The number of ether oxygens (including phenoxy) is 1. The van der Waals surface area contributed by atoms with Crippen LogP contribution in [-0.4, -0.2) is 30.6 Å². The van der Waals surface area contributed by atoms with Gasteiger partial charge in [-0.05, 0) is 18.9 Å². The lowest BCUT2D eigenvalue weighted by Crippen LogP contribution is -2.26. The van der Waals surface area contributed by atoms with Crippen molar-refractivity contribution in [2.45, 2.75) is 25.7 Å². The Morgan fingerprint density at radius 3 is 2.85 bits per heavy atom. The Labute approximate surface area is 118 Å². The van der Waals surface area contributed by atoms with Crippen LogP contribution in [-0.2, 0) is 11.2 Å². The largest absolute Gasteiger partial charge is 0.496 e. The molecule has 1 aromatic carbocycles. The van der Waals surface area contributed by atoms with Gasteiger partial charge in [-0.15, -0.1) is 0 Å². The SMILES string of the molecule is COc1ccccc1CC(=O)NCCCCC(N)=NO. The quantitative estimate of drug-likeness (QED) is 0.219. The molecule has 0 bridgehead atoms. The second-order valence-corrected chi connectivity index (χ2v) is 4.39. The van der Waals surface area contributed by atoms with Crippen molar-refractivity contribution in [1.82, 2.24) is 5.32 Å². The maximum atomic E-state index is 11.8. The first-order valence-corrected chi connectivity index (χ1v) is 6.52. The molecule has 0 aliphatic rings. The summed E-state index contributed by atoms with van der Waals surface area (Å²) in [6, 6.07) is 7.45. The number of benzene rings is 1. The number of nitrogens with two attached hydrogens (primary N) is 1. The van der Waals surface area contributed by atoms with Gasteiger partial charge in [0.1, 0.15) is 11.6 Å². The topological polar surface area (TPSA) is 96.9 Å². The highest BCUT2D eigenvalue weighted by molar-refractivity contribution is 5.80. The predicted molar refractivity (Wildman–Crippen MR) is 77.0 cm³/mol. The second kappa shape index (κ2) is 8.79. The standard InChI is InChI=1S/C14H21N3O3/c1-20-12-7-3-2-6-11(12)10-14(18)16-9-5-4-8-13(15)17-19/h2-3,6-7,19H,4-5,8-10H2,1H3,(H2,15,17)(H,16,18). The Bertz CT molecular complexity index is 461. The van der Waals surface area contributed by atoms with E-state index in [1.54, 1.807) is 7.11 Å². The number of hydrogen-bond acceptors (Lipinski definition) is 4. The molecular formula is C14H21N3O3. The average molecular weight is 279 g/mol.